The molecule has 0 aliphatic carbocycles. The molecule has 2 aromatic heterocycles. The molecule has 5 nitrogen and oxygen atoms in total. The van der Waals surface area contributed by atoms with Gasteiger partial charge in [0.1, 0.15) is 0 Å². The Morgan fingerprint density at radius 1 is 0.453 bits per heavy atom. The highest BCUT2D eigenvalue weighted by Crippen LogP contribution is 2.38. The highest BCUT2D eigenvalue weighted by Gasteiger charge is 2.19. The monoisotopic (exact) mass is 685 g/mol. The first-order valence-corrected chi connectivity index (χ1v) is 18.3. The maximum Gasteiger partial charge on any atom is 0.168 e. The van der Waals surface area contributed by atoms with Gasteiger partial charge in [0.05, 0.1) is 11.0 Å². The third-order valence-electron chi connectivity index (χ3n) is 10.4. The Morgan fingerprint density at radius 3 is 1.43 bits per heavy atom. The second-order valence-electron chi connectivity index (χ2n) is 13.6. The number of aromatic nitrogens is 4. The predicted molar refractivity (Wildman–Crippen MR) is 220 cm³/mol. The van der Waals surface area contributed by atoms with Crippen molar-refractivity contribution in [3.63, 3.8) is 0 Å². The Labute approximate surface area is 310 Å². The summed E-state index contributed by atoms with van der Waals surface area (Å²) in [6, 6.07) is 64.5. The average molecular weight is 686 g/mol. The summed E-state index contributed by atoms with van der Waals surface area (Å²) in [5.74, 6) is 2.13. The number of para-hydroxylation sites is 4. The Balaban J connectivity index is 1.10. The maximum absolute atomic E-state index is 4.78. The van der Waals surface area contributed by atoms with Crippen LogP contribution < -0.4 is 4.90 Å². The van der Waals surface area contributed by atoms with E-state index in [-0.39, 0.29) is 0 Å². The lowest BCUT2D eigenvalue weighted by molar-refractivity contribution is 0.734. The van der Waals surface area contributed by atoms with Crippen LogP contribution in [-0.2, 0) is 0 Å². The molecule has 53 heavy (non-hydrogen) atoms. The number of rotatable bonds is 9. The van der Waals surface area contributed by atoms with E-state index in [1.165, 1.54) is 27.4 Å². The lowest BCUT2D eigenvalue weighted by Crippen LogP contribution is -2.10. The molecular formula is C48H39N5. The zero-order chi connectivity index (χ0) is 35.7. The van der Waals surface area contributed by atoms with E-state index >= 15 is 0 Å². The minimum absolute atomic E-state index is 0.513. The smallest absolute Gasteiger partial charge is 0.168 e. The molecule has 0 aliphatic rings. The lowest BCUT2D eigenvalue weighted by Gasteiger charge is -2.26. The lowest BCUT2D eigenvalue weighted by atomic mass is 9.97. The highest BCUT2D eigenvalue weighted by molar-refractivity contribution is 6.09. The summed E-state index contributed by atoms with van der Waals surface area (Å²) in [5, 5.41) is 12.0. The molecule has 0 amide bonds. The van der Waals surface area contributed by atoms with Gasteiger partial charge >= 0.3 is 0 Å². The summed E-state index contributed by atoms with van der Waals surface area (Å²) in [6.45, 7) is 4.50. The molecule has 0 saturated carbocycles. The van der Waals surface area contributed by atoms with Crippen LogP contribution >= 0.6 is 0 Å². The molecule has 9 aromatic rings. The number of nitrogens with zero attached hydrogens (tertiary/aromatic N) is 5. The van der Waals surface area contributed by atoms with Crippen LogP contribution in [0.2, 0.25) is 0 Å². The Kier molecular flexibility index (Phi) is 8.37. The number of anilines is 3. The van der Waals surface area contributed by atoms with Crippen molar-refractivity contribution in [1.82, 2.24) is 19.3 Å². The van der Waals surface area contributed by atoms with Crippen LogP contribution in [0.15, 0.2) is 182 Å². The molecule has 5 heteroatoms. The number of hydrogen-bond donors (Lipinski definition) is 0. The molecule has 1 unspecified atom stereocenters. The van der Waals surface area contributed by atoms with Gasteiger partial charge in [-0.3, -0.25) is 4.57 Å². The van der Waals surface area contributed by atoms with Crippen LogP contribution in [0.5, 0.6) is 0 Å². The summed E-state index contributed by atoms with van der Waals surface area (Å²) in [6.07, 6.45) is 1.11. The first-order chi connectivity index (χ1) is 26.2. The molecule has 0 bridgehead atoms. The number of benzene rings is 7. The van der Waals surface area contributed by atoms with Gasteiger partial charge in [-0.25, -0.2) is 0 Å². The van der Waals surface area contributed by atoms with Gasteiger partial charge in [-0.15, -0.1) is 10.2 Å². The van der Waals surface area contributed by atoms with Crippen molar-refractivity contribution in [1.29, 1.82) is 0 Å². The second kappa shape index (κ2) is 13.8. The van der Waals surface area contributed by atoms with Crippen LogP contribution in [0.1, 0.15) is 31.7 Å². The van der Waals surface area contributed by atoms with E-state index < -0.39 is 0 Å². The second-order valence-corrected chi connectivity index (χ2v) is 13.6. The molecule has 0 aliphatic heterocycles. The third kappa shape index (κ3) is 5.86. The molecule has 7 aromatic carbocycles. The van der Waals surface area contributed by atoms with Gasteiger partial charge in [-0.1, -0.05) is 111 Å². The molecular weight excluding hydrogens is 647 g/mol. The molecule has 0 fully saturated rings. The van der Waals surface area contributed by atoms with Crippen LogP contribution in [0.3, 0.4) is 0 Å². The first kappa shape index (κ1) is 32.2. The van der Waals surface area contributed by atoms with E-state index in [2.05, 4.69) is 204 Å². The van der Waals surface area contributed by atoms with Crippen LogP contribution in [0.4, 0.5) is 17.1 Å². The Hall–Kier alpha value is -6.72. The predicted octanol–water partition coefficient (Wildman–Crippen LogP) is 12.7. The van der Waals surface area contributed by atoms with Crippen molar-refractivity contribution >= 4 is 38.9 Å². The van der Waals surface area contributed by atoms with Gasteiger partial charge in [0.25, 0.3) is 0 Å². The van der Waals surface area contributed by atoms with E-state index in [1.54, 1.807) is 0 Å². The first-order valence-electron chi connectivity index (χ1n) is 18.3. The summed E-state index contributed by atoms with van der Waals surface area (Å²) in [7, 11) is 0. The van der Waals surface area contributed by atoms with Crippen LogP contribution in [0, 0.1) is 0 Å². The topological polar surface area (TPSA) is 38.9 Å². The van der Waals surface area contributed by atoms with E-state index in [9.17, 15) is 0 Å². The molecule has 0 spiro atoms. The van der Waals surface area contributed by atoms with Gasteiger partial charge in [0.2, 0.25) is 0 Å². The van der Waals surface area contributed by atoms with Gasteiger partial charge in [-0.2, -0.15) is 0 Å². The molecule has 9 rings (SSSR count). The van der Waals surface area contributed by atoms with Crippen molar-refractivity contribution < 1.29 is 0 Å². The molecule has 1 atom stereocenters. The van der Waals surface area contributed by atoms with Gasteiger partial charge in [0, 0.05) is 50.3 Å². The molecule has 256 valence electrons. The summed E-state index contributed by atoms with van der Waals surface area (Å²) >= 11 is 0. The minimum atomic E-state index is 0.513. The van der Waals surface area contributed by atoms with Gasteiger partial charge < -0.3 is 9.47 Å². The largest absolute Gasteiger partial charge is 0.311 e. The summed E-state index contributed by atoms with van der Waals surface area (Å²) in [5.41, 5.74) is 11.1. The average Bonchev–Trinajstić information content (AvgIpc) is 3.82. The fraction of sp³-hybridized carbons (Fsp3) is 0.0833. The zero-order valence-corrected chi connectivity index (χ0v) is 29.8. The van der Waals surface area contributed by atoms with Crippen molar-refractivity contribution in [2.75, 3.05) is 4.90 Å². The van der Waals surface area contributed by atoms with Crippen LogP contribution in [-0.4, -0.2) is 19.3 Å². The SMILES string of the molecule is CCC(C)c1ccc(-c2nnc(-c3ccc(N(c4ccccc4)c4ccc(-n5c6ccccc6c6ccccc65)cc4)cc3)n2-c2ccccc2)cc1. The quantitative estimate of drug-likeness (QED) is 0.152. The Bertz CT molecular complexity index is 2580. The van der Waals surface area contributed by atoms with Crippen molar-refractivity contribution in [3.8, 4) is 34.2 Å². The Morgan fingerprint density at radius 2 is 0.887 bits per heavy atom. The van der Waals surface area contributed by atoms with E-state index in [0.29, 0.717) is 5.92 Å². The molecule has 2 heterocycles. The van der Waals surface area contributed by atoms with Crippen molar-refractivity contribution in [2.24, 2.45) is 0 Å². The highest BCUT2D eigenvalue weighted by atomic mass is 15.3. The number of fused-ring (bicyclic) bond motifs is 3. The molecule has 0 saturated heterocycles. The normalized spacial score (nSPS) is 12.0. The number of hydrogen-bond acceptors (Lipinski definition) is 3. The van der Waals surface area contributed by atoms with Crippen molar-refractivity contribution in [3.05, 3.63) is 188 Å². The standard InChI is InChI=1S/C48H39N5/c1-3-34(2)35-22-24-36(25-23-35)47-49-50-48(53(47)39-16-8-5-9-17-39)37-26-28-40(29-27-37)51(38-14-6-4-7-15-38)41-30-32-42(33-31-41)52-45-20-12-10-18-43(45)44-19-11-13-21-46(44)52/h4-34H,3H2,1-2H3. The van der Waals surface area contributed by atoms with E-state index in [1.807, 2.05) is 6.07 Å². The summed E-state index contributed by atoms with van der Waals surface area (Å²) in [4.78, 5) is 2.30. The van der Waals surface area contributed by atoms with Gasteiger partial charge in [0.15, 0.2) is 11.6 Å². The maximum atomic E-state index is 4.78. The van der Waals surface area contributed by atoms with Crippen LogP contribution in [0.25, 0.3) is 56.0 Å². The van der Waals surface area contributed by atoms with Crippen molar-refractivity contribution in [2.45, 2.75) is 26.2 Å². The minimum Gasteiger partial charge on any atom is -0.311 e. The summed E-state index contributed by atoms with van der Waals surface area (Å²) < 4.78 is 4.52. The molecule has 0 radical (unpaired) electrons. The fourth-order valence-electron chi connectivity index (χ4n) is 7.41. The molecule has 0 N–H and O–H groups in total. The van der Waals surface area contributed by atoms with E-state index in [4.69, 9.17) is 10.2 Å². The fourth-order valence-corrected chi connectivity index (χ4v) is 7.41. The third-order valence-corrected chi connectivity index (χ3v) is 10.4. The zero-order valence-electron chi connectivity index (χ0n) is 29.8. The van der Waals surface area contributed by atoms with E-state index in [0.717, 1.165) is 57.6 Å². The van der Waals surface area contributed by atoms with Gasteiger partial charge in [-0.05, 0) is 103 Å².